The molecule has 0 aliphatic carbocycles. The molecular weight excluding hydrogens is 328 g/mol. The van der Waals surface area contributed by atoms with Crippen molar-refractivity contribution in [2.75, 3.05) is 26.2 Å². The van der Waals surface area contributed by atoms with Gasteiger partial charge < -0.3 is 23.4 Å². The Labute approximate surface area is 143 Å². The fourth-order valence-electron chi connectivity index (χ4n) is 2.77. The lowest BCUT2D eigenvalue weighted by molar-refractivity contribution is -0.150. The summed E-state index contributed by atoms with van der Waals surface area (Å²) in [5.74, 6) is -1.12. The van der Waals surface area contributed by atoms with Crippen LogP contribution in [0.2, 0.25) is 0 Å². The zero-order chi connectivity index (χ0) is 17.8. The molecule has 132 valence electrons. The maximum absolute atomic E-state index is 12.6. The standard InChI is InChI=1S/C17H18N2O6/c1-2-25-17(22)14-9-18(15(20)12-3-7-23-10-12)5-6-19(14)16(21)13-4-8-24-11-13/h3-4,7-8,10-11,14H,2,5-6,9H2,1H3. The van der Waals surface area contributed by atoms with Crippen LogP contribution in [0.4, 0.5) is 0 Å². The summed E-state index contributed by atoms with van der Waals surface area (Å²) < 4.78 is 15.0. The Morgan fingerprint density at radius 3 is 2.28 bits per heavy atom. The third-order valence-corrected chi connectivity index (χ3v) is 4.02. The lowest BCUT2D eigenvalue weighted by atomic mass is 10.1. The topological polar surface area (TPSA) is 93.2 Å². The summed E-state index contributed by atoms with van der Waals surface area (Å²) in [7, 11) is 0. The number of hydrogen-bond acceptors (Lipinski definition) is 6. The van der Waals surface area contributed by atoms with E-state index in [2.05, 4.69) is 0 Å². The molecule has 1 aliphatic heterocycles. The molecule has 2 aromatic rings. The van der Waals surface area contributed by atoms with E-state index in [1.807, 2.05) is 0 Å². The highest BCUT2D eigenvalue weighted by molar-refractivity contribution is 5.98. The Morgan fingerprint density at radius 1 is 1.08 bits per heavy atom. The number of ether oxygens (including phenoxy) is 1. The third kappa shape index (κ3) is 3.42. The number of carbonyl (C=O) groups excluding carboxylic acids is 3. The van der Waals surface area contributed by atoms with Crippen LogP contribution in [0.1, 0.15) is 27.6 Å². The number of hydrogen-bond donors (Lipinski definition) is 0. The van der Waals surface area contributed by atoms with E-state index in [0.717, 1.165) is 0 Å². The molecule has 1 saturated heterocycles. The average molecular weight is 346 g/mol. The molecule has 0 spiro atoms. The van der Waals surface area contributed by atoms with Crippen molar-refractivity contribution < 1.29 is 28.0 Å². The van der Waals surface area contributed by atoms with E-state index < -0.39 is 12.0 Å². The number of rotatable bonds is 4. The van der Waals surface area contributed by atoms with Gasteiger partial charge in [0.2, 0.25) is 0 Å². The van der Waals surface area contributed by atoms with Crippen LogP contribution in [0.5, 0.6) is 0 Å². The van der Waals surface area contributed by atoms with Gasteiger partial charge in [-0.15, -0.1) is 0 Å². The van der Waals surface area contributed by atoms with E-state index in [4.69, 9.17) is 13.6 Å². The molecule has 1 atom stereocenters. The van der Waals surface area contributed by atoms with E-state index in [9.17, 15) is 14.4 Å². The maximum atomic E-state index is 12.6. The highest BCUT2D eigenvalue weighted by Gasteiger charge is 2.38. The lowest BCUT2D eigenvalue weighted by Gasteiger charge is -2.39. The molecule has 2 aromatic heterocycles. The summed E-state index contributed by atoms with van der Waals surface area (Å²) in [5, 5.41) is 0. The Balaban J connectivity index is 1.80. The van der Waals surface area contributed by atoms with E-state index in [-0.39, 0.29) is 31.5 Å². The lowest BCUT2D eigenvalue weighted by Crippen LogP contribution is -2.59. The van der Waals surface area contributed by atoms with Crippen LogP contribution in [0.25, 0.3) is 0 Å². The van der Waals surface area contributed by atoms with E-state index in [1.165, 1.54) is 40.9 Å². The first-order valence-electron chi connectivity index (χ1n) is 7.93. The first kappa shape index (κ1) is 16.8. The van der Waals surface area contributed by atoms with Gasteiger partial charge in [0.1, 0.15) is 18.6 Å². The molecule has 8 heteroatoms. The van der Waals surface area contributed by atoms with Gasteiger partial charge in [-0.1, -0.05) is 0 Å². The molecule has 25 heavy (non-hydrogen) atoms. The normalized spacial score (nSPS) is 17.4. The van der Waals surface area contributed by atoms with Gasteiger partial charge >= 0.3 is 5.97 Å². The van der Waals surface area contributed by atoms with Gasteiger partial charge in [-0.2, -0.15) is 0 Å². The van der Waals surface area contributed by atoms with Gasteiger partial charge in [0.05, 0.1) is 36.8 Å². The minimum absolute atomic E-state index is 0.0619. The van der Waals surface area contributed by atoms with E-state index in [0.29, 0.717) is 17.7 Å². The van der Waals surface area contributed by atoms with Gasteiger partial charge in [-0.05, 0) is 19.1 Å². The Kier molecular flexibility index (Phi) is 4.87. The molecule has 0 radical (unpaired) electrons. The Hall–Kier alpha value is -3.03. The number of furan rings is 2. The summed E-state index contributed by atoms with van der Waals surface area (Å²) >= 11 is 0. The SMILES string of the molecule is CCOC(=O)C1CN(C(=O)c2ccoc2)CCN1C(=O)c1ccoc1. The molecule has 3 heterocycles. The fourth-order valence-corrected chi connectivity index (χ4v) is 2.77. The summed E-state index contributed by atoms with van der Waals surface area (Å²) in [4.78, 5) is 40.4. The third-order valence-electron chi connectivity index (χ3n) is 4.02. The first-order valence-corrected chi connectivity index (χ1v) is 7.93. The fraction of sp³-hybridized carbons (Fsp3) is 0.353. The van der Waals surface area contributed by atoms with Gasteiger partial charge in [0.15, 0.2) is 0 Å². The summed E-state index contributed by atoms with van der Waals surface area (Å²) in [6.45, 7) is 2.48. The molecule has 3 rings (SSSR count). The van der Waals surface area contributed by atoms with Gasteiger partial charge in [0.25, 0.3) is 11.8 Å². The van der Waals surface area contributed by atoms with Gasteiger partial charge in [-0.3, -0.25) is 9.59 Å². The van der Waals surface area contributed by atoms with Crippen molar-refractivity contribution in [3.8, 4) is 0 Å². The largest absolute Gasteiger partial charge is 0.472 e. The minimum atomic E-state index is -0.869. The van der Waals surface area contributed by atoms with Gasteiger partial charge in [0, 0.05) is 13.1 Å². The molecule has 0 saturated carbocycles. The quantitative estimate of drug-likeness (QED) is 0.777. The Morgan fingerprint density at radius 2 is 1.72 bits per heavy atom. The van der Waals surface area contributed by atoms with Crippen LogP contribution in [-0.4, -0.2) is 59.9 Å². The monoisotopic (exact) mass is 346 g/mol. The highest BCUT2D eigenvalue weighted by Crippen LogP contribution is 2.18. The molecule has 0 N–H and O–H groups in total. The second kappa shape index (κ2) is 7.25. The molecule has 1 fully saturated rings. The second-order valence-corrected chi connectivity index (χ2v) is 5.54. The number of piperazine rings is 1. The Bertz CT molecular complexity index is 737. The first-order chi connectivity index (χ1) is 12.1. The van der Waals surface area contributed by atoms with Crippen LogP contribution < -0.4 is 0 Å². The van der Waals surface area contributed by atoms with Crippen molar-refractivity contribution in [1.29, 1.82) is 0 Å². The average Bonchev–Trinajstić information content (AvgIpc) is 3.33. The van der Waals surface area contributed by atoms with Crippen LogP contribution in [0.3, 0.4) is 0 Å². The molecule has 8 nitrogen and oxygen atoms in total. The second-order valence-electron chi connectivity index (χ2n) is 5.54. The number of amides is 2. The summed E-state index contributed by atoms with van der Waals surface area (Å²) in [5.41, 5.74) is 0.751. The molecular formula is C17H18N2O6. The highest BCUT2D eigenvalue weighted by atomic mass is 16.5. The van der Waals surface area contributed by atoms with Crippen LogP contribution in [-0.2, 0) is 9.53 Å². The summed E-state index contributed by atoms with van der Waals surface area (Å²) in [6, 6.07) is 2.23. The van der Waals surface area contributed by atoms with Crippen LogP contribution in [0, 0.1) is 0 Å². The predicted octanol–water partition coefficient (Wildman–Crippen LogP) is 1.40. The summed E-state index contributed by atoms with van der Waals surface area (Å²) in [6.07, 6.45) is 5.48. The van der Waals surface area contributed by atoms with Crippen molar-refractivity contribution >= 4 is 17.8 Å². The molecule has 0 bridgehead atoms. The zero-order valence-corrected chi connectivity index (χ0v) is 13.7. The number of carbonyl (C=O) groups is 3. The van der Waals surface area contributed by atoms with Crippen molar-refractivity contribution in [2.24, 2.45) is 0 Å². The zero-order valence-electron chi connectivity index (χ0n) is 13.7. The number of nitrogens with zero attached hydrogens (tertiary/aromatic N) is 2. The smallest absolute Gasteiger partial charge is 0.330 e. The molecule has 1 aliphatic rings. The molecule has 0 aromatic carbocycles. The molecule has 1 unspecified atom stereocenters. The van der Waals surface area contributed by atoms with E-state index in [1.54, 1.807) is 13.0 Å². The molecule has 2 amide bonds. The van der Waals surface area contributed by atoms with Crippen molar-refractivity contribution in [3.05, 3.63) is 48.3 Å². The van der Waals surface area contributed by atoms with Crippen LogP contribution >= 0.6 is 0 Å². The van der Waals surface area contributed by atoms with Crippen molar-refractivity contribution in [2.45, 2.75) is 13.0 Å². The van der Waals surface area contributed by atoms with Crippen molar-refractivity contribution in [1.82, 2.24) is 9.80 Å². The van der Waals surface area contributed by atoms with E-state index >= 15 is 0 Å². The number of esters is 1. The van der Waals surface area contributed by atoms with Crippen molar-refractivity contribution in [3.63, 3.8) is 0 Å². The predicted molar refractivity (Wildman–Crippen MR) is 84.8 cm³/mol. The van der Waals surface area contributed by atoms with Crippen LogP contribution in [0.15, 0.2) is 46.0 Å². The van der Waals surface area contributed by atoms with Gasteiger partial charge in [-0.25, -0.2) is 4.79 Å². The minimum Gasteiger partial charge on any atom is -0.472 e. The maximum Gasteiger partial charge on any atom is 0.330 e.